The zero-order valence-electron chi connectivity index (χ0n) is 13.4. The van der Waals surface area contributed by atoms with E-state index < -0.39 is 0 Å². The Morgan fingerprint density at radius 3 is 2.77 bits per heavy atom. The minimum Gasteiger partial charge on any atom is -0.325 e. The number of hydrogen-bond donors (Lipinski definition) is 1. The fourth-order valence-electron chi connectivity index (χ4n) is 3.18. The van der Waals surface area contributed by atoms with Gasteiger partial charge in [-0.25, -0.2) is 9.78 Å². The highest BCUT2D eigenvalue weighted by atomic mass is 16.2. The van der Waals surface area contributed by atoms with Gasteiger partial charge in [0.2, 0.25) is 0 Å². The highest BCUT2D eigenvalue weighted by Gasteiger charge is 2.26. The van der Waals surface area contributed by atoms with Crippen molar-refractivity contribution in [2.45, 2.75) is 52.2 Å². The average Bonchev–Trinajstić information content (AvgIpc) is 3.16. The Kier molecular flexibility index (Phi) is 3.90. The molecule has 7 nitrogen and oxygen atoms in total. The quantitative estimate of drug-likeness (QED) is 0.910. The molecule has 2 atom stereocenters. The second-order valence-corrected chi connectivity index (χ2v) is 5.93. The zero-order valence-corrected chi connectivity index (χ0v) is 13.4. The van der Waals surface area contributed by atoms with Crippen LogP contribution in [-0.4, -0.2) is 31.8 Å². The van der Waals surface area contributed by atoms with E-state index in [1.807, 2.05) is 25.3 Å². The average molecular weight is 305 g/mol. The van der Waals surface area contributed by atoms with Crippen molar-refractivity contribution in [2.75, 3.05) is 13.1 Å². The molecule has 3 rings (SSSR count). The summed E-state index contributed by atoms with van der Waals surface area (Å²) in [6.07, 6.45) is 3.28. The molecule has 2 unspecified atom stereocenters. The smallest absolute Gasteiger partial charge is 0.325 e. The molecule has 2 aromatic heterocycles. The van der Waals surface area contributed by atoms with Crippen LogP contribution in [0.2, 0.25) is 0 Å². The van der Waals surface area contributed by atoms with E-state index in [2.05, 4.69) is 10.3 Å². The molecule has 0 radical (unpaired) electrons. The summed E-state index contributed by atoms with van der Waals surface area (Å²) in [5.41, 5.74) is 0.595. The molecule has 1 aliphatic heterocycles. The summed E-state index contributed by atoms with van der Waals surface area (Å²) in [6, 6.07) is -0.0590. The largest absolute Gasteiger partial charge is 0.333 e. The molecule has 120 valence electrons. The van der Waals surface area contributed by atoms with Gasteiger partial charge >= 0.3 is 5.69 Å². The highest BCUT2D eigenvalue weighted by molar-refractivity contribution is 5.70. The van der Waals surface area contributed by atoms with E-state index in [4.69, 9.17) is 0 Å². The van der Waals surface area contributed by atoms with E-state index in [0.717, 1.165) is 19.4 Å². The van der Waals surface area contributed by atoms with E-state index in [1.165, 1.54) is 4.57 Å². The van der Waals surface area contributed by atoms with Crippen molar-refractivity contribution >= 4 is 11.2 Å². The highest BCUT2D eigenvalue weighted by Crippen LogP contribution is 2.17. The summed E-state index contributed by atoms with van der Waals surface area (Å²) in [6.45, 7) is 8.17. The Hall–Kier alpha value is -1.89. The van der Waals surface area contributed by atoms with Crippen LogP contribution >= 0.6 is 0 Å². The summed E-state index contributed by atoms with van der Waals surface area (Å²) >= 11 is 0. The topological polar surface area (TPSA) is 73.8 Å². The first kappa shape index (κ1) is 15.0. The molecular weight excluding hydrogens is 282 g/mol. The number of hydrogen-bond acceptors (Lipinski definition) is 4. The number of aryl methyl sites for hydroxylation is 1. The third-order valence-electron chi connectivity index (χ3n) is 4.65. The van der Waals surface area contributed by atoms with Gasteiger partial charge in [0, 0.05) is 19.1 Å². The van der Waals surface area contributed by atoms with Gasteiger partial charge in [0.05, 0.1) is 12.4 Å². The van der Waals surface area contributed by atoms with Gasteiger partial charge in [-0.3, -0.25) is 13.9 Å². The molecule has 0 aromatic carbocycles. The van der Waals surface area contributed by atoms with Crippen LogP contribution in [0.1, 0.15) is 45.7 Å². The van der Waals surface area contributed by atoms with Gasteiger partial charge in [-0.2, -0.15) is 0 Å². The molecule has 0 aliphatic carbocycles. The lowest BCUT2D eigenvalue weighted by atomic mass is 10.2. The van der Waals surface area contributed by atoms with Crippen molar-refractivity contribution in [3.05, 3.63) is 27.2 Å². The Balaban J connectivity index is 2.39. The van der Waals surface area contributed by atoms with Gasteiger partial charge in [0.15, 0.2) is 11.2 Å². The number of nitrogens with zero attached hydrogens (tertiary/aromatic N) is 4. The maximum atomic E-state index is 12.9. The first-order valence-electron chi connectivity index (χ1n) is 8.02. The summed E-state index contributed by atoms with van der Waals surface area (Å²) in [5.74, 6) is 0. The third-order valence-corrected chi connectivity index (χ3v) is 4.65. The maximum absolute atomic E-state index is 12.9. The van der Waals surface area contributed by atoms with Crippen LogP contribution < -0.4 is 16.6 Å². The lowest BCUT2D eigenvalue weighted by Crippen LogP contribution is -2.44. The molecule has 0 spiro atoms. The number of fused-ring (bicyclic) bond motifs is 1. The Morgan fingerprint density at radius 2 is 2.18 bits per heavy atom. The van der Waals surface area contributed by atoms with Crippen molar-refractivity contribution in [1.82, 2.24) is 24.0 Å². The molecule has 0 bridgehead atoms. The molecule has 2 aromatic rings. The first-order chi connectivity index (χ1) is 10.6. The number of nitrogens with one attached hydrogen (secondary N) is 1. The molecule has 1 saturated heterocycles. The number of rotatable bonds is 4. The van der Waals surface area contributed by atoms with E-state index in [1.54, 1.807) is 10.9 Å². The molecule has 3 heterocycles. The summed E-state index contributed by atoms with van der Waals surface area (Å²) in [7, 11) is 0. The SMILES string of the molecule is CCC(C)n1c(=O)n(C2CCNC2)c(=O)c2c1ncn2CC. The van der Waals surface area contributed by atoms with Crippen molar-refractivity contribution < 1.29 is 0 Å². The van der Waals surface area contributed by atoms with Crippen molar-refractivity contribution in [3.8, 4) is 0 Å². The minimum absolute atomic E-state index is 0.0106. The fraction of sp³-hybridized carbons (Fsp3) is 0.667. The minimum atomic E-state index is -0.234. The van der Waals surface area contributed by atoms with E-state index in [9.17, 15) is 9.59 Å². The van der Waals surface area contributed by atoms with Crippen LogP contribution in [0, 0.1) is 0 Å². The van der Waals surface area contributed by atoms with Gasteiger partial charge in [-0.1, -0.05) is 6.92 Å². The van der Waals surface area contributed by atoms with Crippen molar-refractivity contribution in [1.29, 1.82) is 0 Å². The number of imidazole rings is 1. The standard InChI is InChI=1S/C15H23N5O2/c1-4-10(3)19-13-12(18(5-2)9-17-13)14(21)20(15(19)22)11-6-7-16-8-11/h9-11,16H,4-8H2,1-3H3. The van der Waals surface area contributed by atoms with Crippen molar-refractivity contribution in [3.63, 3.8) is 0 Å². The van der Waals surface area contributed by atoms with Gasteiger partial charge in [0.1, 0.15) is 0 Å². The monoisotopic (exact) mass is 305 g/mol. The molecule has 1 N–H and O–H groups in total. The fourth-order valence-corrected chi connectivity index (χ4v) is 3.18. The Bertz CT molecular complexity index is 795. The van der Waals surface area contributed by atoms with Crippen LogP contribution in [0.3, 0.4) is 0 Å². The Morgan fingerprint density at radius 1 is 1.41 bits per heavy atom. The normalized spacial score (nSPS) is 19.9. The Labute approximate surface area is 128 Å². The zero-order chi connectivity index (χ0) is 15.9. The van der Waals surface area contributed by atoms with E-state index in [0.29, 0.717) is 24.3 Å². The summed E-state index contributed by atoms with van der Waals surface area (Å²) in [4.78, 5) is 30.2. The van der Waals surface area contributed by atoms with Gasteiger partial charge in [-0.05, 0) is 33.2 Å². The van der Waals surface area contributed by atoms with E-state index in [-0.39, 0.29) is 23.3 Å². The molecule has 22 heavy (non-hydrogen) atoms. The molecule has 0 amide bonds. The summed E-state index contributed by atoms with van der Waals surface area (Å²) in [5, 5.41) is 3.23. The van der Waals surface area contributed by atoms with Crippen LogP contribution in [0.4, 0.5) is 0 Å². The second-order valence-electron chi connectivity index (χ2n) is 5.93. The molecular formula is C15H23N5O2. The predicted molar refractivity (Wildman–Crippen MR) is 85.5 cm³/mol. The van der Waals surface area contributed by atoms with Gasteiger partial charge in [0.25, 0.3) is 5.56 Å². The maximum Gasteiger partial charge on any atom is 0.333 e. The van der Waals surface area contributed by atoms with Crippen LogP contribution in [0.15, 0.2) is 15.9 Å². The van der Waals surface area contributed by atoms with Crippen molar-refractivity contribution in [2.24, 2.45) is 0 Å². The van der Waals surface area contributed by atoms with Gasteiger partial charge < -0.3 is 9.88 Å². The van der Waals surface area contributed by atoms with Crippen LogP contribution in [0.5, 0.6) is 0 Å². The third kappa shape index (κ3) is 2.11. The van der Waals surface area contributed by atoms with Crippen LogP contribution in [0.25, 0.3) is 11.2 Å². The van der Waals surface area contributed by atoms with Crippen LogP contribution in [-0.2, 0) is 6.54 Å². The molecule has 7 heteroatoms. The van der Waals surface area contributed by atoms with E-state index >= 15 is 0 Å². The lowest BCUT2D eigenvalue weighted by molar-refractivity contribution is 0.443. The molecule has 1 aliphatic rings. The predicted octanol–water partition coefficient (Wildman–Crippen LogP) is 0.885. The number of aromatic nitrogens is 4. The molecule has 0 saturated carbocycles. The van der Waals surface area contributed by atoms with Gasteiger partial charge in [-0.15, -0.1) is 0 Å². The summed E-state index contributed by atoms with van der Waals surface area (Å²) < 4.78 is 4.94. The first-order valence-corrected chi connectivity index (χ1v) is 8.02. The second kappa shape index (κ2) is 5.72. The lowest BCUT2D eigenvalue weighted by Gasteiger charge is -2.19. The molecule has 1 fully saturated rings.